The van der Waals surface area contributed by atoms with Crippen molar-refractivity contribution in [2.45, 2.75) is 58.4 Å². The highest BCUT2D eigenvalue weighted by Crippen LogP contribution is 2.18. The summed E-state index contributed by atoms with van der Waals surface area (Å²) in [6.45, 7) is 6.40. The van der Waals surface area contributed by atoms with Gasteiger partial charge in [-0.2, -0.15) is 0 Å². The van der Waals surface area contributed by atoms with Gasteiger partial charge in [0.2, 0.25) is 5.95 Å². The topological polar surface area (TPSA) is 87.7 Å². The first kappa shape index (κ1) is 20.4. The second-order valence-electron chi connectivity index (χ2n) is 7.53. The molecule has 1 saturated heterocycles. The number of carbonyl (C=O) groups is 2. The van der Waals surface area contributed by atoms with Crippen molar-refractivity contribution in [2.24, 2.45) is 0 Å². The molecule has 1 aromatic heterocycles. The summed E-state index contributed by atoms with van der Waals surface area (Å²) in [6, 6.07) is 1.98. The Labute approximate surface area is 166 Å². The third kappa shape index (κ3) is 5.33. The number of nitrogens with one attached hydrogen (secondary N) is 1. The molecule has 1 saturated carbocycles. The van der Waals surface area contributed by atoms with Crippen LogP contribution in [0.4, 0.5) is 10.7 Å². The van der Waals surface area contributed by atoms with Crippen molar-refractivity contribution in [3.8, 4) is 0 Å². The lowest BCUT2D eigenvalue weighted by atomic mass is 10.1. The number of anilines is 1. The molecule has 2 aliphatic rings. The summed E-state index contributed by atoms with van der Waals surface area (Å²) in [5.74, 6) is 0.429. The average molecular weight is 390 g/mol. The summed E-state index contributed by atoms with van der Waals surface area (Å²) >= 11 is 0. The third-order valence-electron chi connectivity index (χ3n) is 5.35. The quantitative estimate of drug-likeness (QED) is 0.796. The highest BCUT2D eigenvalue weighted by molar-refractivity contribution is 5.92. The molecule has 3 rings (SSSR count). The fourth-order valence-corrected chi connectivity index (χ4v) is 3.80. The van der Waals surface area contributed by atoms with Gasteiger partial charge < -0.3 is 19.9 Å². The van der Waals surface area contributed by atoms with Gasteiger partial charge in [0.05, 0.1) is 6.61 Å². The van der Waals surface area contributed by atoms with Gasteiger partial charge in [0, 0.05) is 37.9 Å². The van der Waals surface area contributed by atoms with E-state index in [0.717, 1.165) is 18.5 Å². The first-order chi connectivity index (χ1) is 13.6. The largest absolute Gasteiger partial charge is 0.450 e. The van der Waals surface area contributed by atoms with E-state index in [2.05, 4.69) is 15.3 Å². The lowest BCUT2D eigenvalue weighted by molar-refractivity contribution is 0.0928. The van der Waals surface area contributed by atoms with Gasteiger partial charge in [0.1, 0.15) is 5.69 Å². The number of amides is 2. The van der Waals surface area contributed by atoms with Crippen LogP contribution < -0.4 is 10.2 Å². The monoisotopic (exact) mass is 389 g/mol. The fraction of sp³-hybridized carbons (Fsp3) is 0.700. The molecule has 0 radical (unpaired) electrons. The van der Waals surface area contributed by atoms with Gasteiger partial charge in [-0.1, -0.05) is 25.7 Å². The molecule has 0 unspecified atom stereocenters. The second-order valence-corrected chi connectivity index (χ2v) is 7.53. The summed E-state index contributed by atoms with van der Waals surface area (Å²) in [5.41, 5.74) is 1.18. The van der Waals surface area contributed by atoms with E-state index in [0.29, 0.717) is 44.4 Å². The minimum Gasteiger partial charge on any atom is -0.450 e. The van der Waals surface area contributed by atoms with Gasteiger partial charge in [0.15, 0.2) is 0 Å². The number of hydrogen-bond acceptors (Lipinski definition) is 6. The van der Waals surface area contributed by atoms with Crippen molar-refractivity contribution in [1.82, 2.24) is 20.2 Å². The van der Waals surface area contributed by atoms with Crippen molar-refractivity contribution in [2.75, 3.05) is 37.7 Å². The van der Waals surface area contributed by atoms with Crippen LogP contribution in [0.25, 0.3) is 0 Å². The summed E-state index contributed by atoms with van der Waals surface area (Å²) < 4.78 is 5.06. The normalized spacial score (nSPS) is 18.5. The predicted octanol–water partition coefficient (Wildman–Crippen LogP) is 2.52. The SMILES string of the molecule is CCOC(=O)N1CCN(c2nc(C)cc(C(=O)NC3CCCCCC3)n2)CC1. The molecule has 28 heavy (non-hydrogen) atoms. The van der Waals surface area contributed by atoms with Crippen LogP contribution in [0.2, 0.25) is 0 Å². The number of rotatable bonds is 4. The third-order valence-corrected chi connectivity index (χ3v) is 5.35. The molecule has 1 aromatic rings. The van der Waals surface area contributed by atoms with Crippen molar-refractivity contribution in [3.05, 3.63) is 17.5 Å². The van der Waals surface area contributed by atoms with Crippen LogP contribution in [0.1, 0.15) is 61.6 Å². The molecule has 0 aromatic carbocycles. The Balaban J connectivity index is 1.63. The Morgan fingerprint density at radius 1 is 1.11 bits per heavy atom. The van der Waals surface area contributed by atoms with E-state index in [9.17, 15) is 9.59 Å². The summed E-state index contributed by atoms with van der Waals surface area (Å²) in [7, 11) is 0. The lowest BCUT2D eigenvalue weighted by Gasteiger charge is -2.34. The van der Waals surface area contributed by atoms with Crippen molar-refractivity contribution < 1.29 is 14.3 Å². The molecular weight excluding hydrogens is 358 g/mol. The zero-order valence-electron chi connectivity index (χ0n) is 16.9. The molecule has 154 valence electrons. The zero-order chi connectivity index (χ0) is 19.9. The Morgan fingerprint density at radius 2 is 1.79 bits per heavy atom. The maximum atomic E-state index is 12.7. The van der Waals surface area contributed by atoms with E-state index in [4.69, 9.17) is 4.74 Å². The minimum atomic E-state index is -0.282. The highest BCUT2D eigenvalue weighted by atomic mass is 16.6. The Kier molecular flexibility index (Phi) is 7.06. The van der Waals surface area contributed by atoms with Gasteiger partial charge >= 0.3 is 6.09 Å². The van der Waals surface area contributed by atoms with E-state index < -0.39 is 0 Å². The number of piperazine rings is 1. The molecule has 2 fully saturated rings. The summed E-state index contributed by atoms with van der Waals surface area (Å²) in [5, 5.41) is 3.15. The number of nitrogens with zero attached hydrogens (tertiary/aromatic N) is 4. The van der Waals surface area contributed by atoms with Crippen molar-refractivity contribution >= 4 is 17.9 Å². The van der Waals surface area contributed by atoms with E-state index in [1.165, 1.54) is 25.7 Å². The minimum absolute atomic E-state index is 0.121. The molecule has 0 bridgehead atoms. The van der Waals surface area contributed by atoms with E-state index in [1.54, 1.807) is 17.9 Å². The zero-order valence-corrected chi connectivity index (χ0v) is 16.9. The molecule has 8 nitrogen and oxygen atoms in total. The van der Waals surface area contributed by atoms with Gasteiger partial charge in [-0.3, -0.25) is 4.79 Å². The average Bonchev–Trinajstić information content (AvgIpc) is 2.96. The summed E-state index contributed by atoms with van der Waals surface area (Å²) in [6.07, 6.45) is 6.64. The standard InChI is InChI=1S/C20H31N5O3/c1-3-28-20(27)25-12-10-24(11-13-25)19-21-15(2)14-17(23-19)18(26)22-16-8-6-4-5-7-9-16/h14,16H,3-13H2,1-2H3,(H,22,26). The Bertz CT molecular complexity index is 680. The van der Waals surface area contributed by atoms with Crippen LogP contribution in [0.3, 0.4) is 0 Å². The maximum absolute atomic E-state index is 12.7. The molecule has 1 N–H and O–H groups in total. The maximum Gasteiger partial charge on any atom is 0.409 e. The molecule has 2 heterocycles. The molecule has 1 aliphatic heterocycles. The van der Waals surface area contributed by atoms with Crippen LogP contribution in [-0.4, -0.2) is 65.7 Å². The van der Waals surface area contributed by atoms with Crippen LogP contribution >= 0.6 is 0 Å². The fourth-order valence-electron chi connectivity index (χ4n) is 3.80. The first-order valence-corrected chi connectivity index (χ1v) is 10.4. The summed E-state index contributed by atoms with van der Waals surface area (Å²) in [4.78, 5) is 37.3. The Hall–Kier alpha value is -2.38. The van der Waals surface area contributed by atoms with Crippen LogP contribution in [-0.2, 0) is 4.74 Å². The molecule has 0 spiro atoms. The van der Waals surface area contributed by atoms with Crippen molar-refractivity contribution in [1.29, 1.82) is 0 Å². The number of carbonyl (C=O) groups excluding carboxylic acids is 2. The van der Waals surface area contributed by atoms with E-state index in [-0.39, 0.29) is 18.0 Å². The second kappa shape index (κ2) is 9.71. The predicted molar refractivity (Wildman–Crippen MR) is 107 cm³/mol. The van der Waals surface area contributed by atoms with Gasteiger partial charge in [-0.25, -0.2) is 14.8 Å². The molecule has 0 atom stereocenters. The van der Waals surface area contributed by atoms with Gasteiger partial charge in [-0.05, 0) is 32.8 Å². The van der Waals surface area contributed by atoms with Crippen LogP contribution in [0.5, 0.6) is 0 Å². The molecule has 2 amide bonds. The Morgan fingerprint density at radius 3 is 2.43 bits per heavy atom. The van der Waals surface area contributed by atoms with Gasteiger partial charge in [0.25, 0.3) is 5.91 Å². The highest BCUT2D eigenvalue weighted by Gasteiger charge is 2.25. The van der Waals surface area contributed by atoms with E-state index in [1.807, 2.05) is 11.8 Å². The number of aryl methyl sites for hydroxylation is 1. The van der Waals surface area contributed by atoms with E-state index >= 15 is 0 Å². The molecule has 1 aliphatic carbocycles. The molecule has 8 heteroatoms. The first-order valence-electron chi connectivity index (χ1n) is 10.4. The van der Waals surface area contributed by atoms with Gasteiger partial charge in [-0.15, -0.1) is 0 Å². The van der Waals surface area contributed by atoms with Crippen molar-refractivity contribution in [3.63, 3.8) is 0 Å². The smallest absolute Gasteiger partial charge is 0.409 e. The molecular formula is C20H31N5O3. The number of ether oxygens (including phenoxy) is 1. The van der Waals surface area contributed by atoms with Crippen LogP contribution in [0.15, 0.2) is 6.07 Å². The van der Waals surface area contributed by atoms with Crippen LogP contribution in [0, 0.1) is 6.92 Å². The number of hydrogen-bond donors (Lipinski definition) is 1. The lowest BCUT2D eigenvalue weighted by Crippen LogP contribution is -2.49. The number of aromatic nitrogens is 2.